The fraction of sp³-hybridized carbons (Fsp3) is 0. The second-order valence-corrected chi connectivity index (χ2v) is 9.94. The van der Waals surface area contributed by atoms with Gasteiger partial charge in [0, 0.05) is 22.5 Å². The first-order valence-electron chi connectivity index (χ1n) is 14.2. The molecule has 2 amide bonds. The molecule has 6 rings (SSSR count). The van der Waals surface area contributed by atoms with Crippen LogP contribution in [0.15, 0.2) is 158 Å². The summed E-state index contributed by atoms with van der Waals surface area (Å²) in [6.07, 6.45) is 0. The SMILES string of the molecule is O=C(Nc1ccc(Oc2ccc(NC(=O)c3ccc(Oc4ccccc4)cc3)cc2)cc1)c1ccc(Oc2ccccc2)cc1. The molecule has 0 bridgehead atoms. The molecule has 6 aromatic rings. The van der Waals surface area contributed by atoms with Crippen LogP contribution in [0.5, 0.6) is 34.5 Å². The molecule has 0 saturated heterocycles. The number of amides is 2. The maximum Gasteiger partial charge on any atom is 0.255 e. The third-order valence-corrected chi connectivity index (χ3v) is 6.65. The molecule has 45 heavy (non-hydrogen) atoms. The Morgan fingerprint density at radius 1 is 0.333 bits per heavy atom. The van der Waals surface area contributed by atoms with Gasteiger partial charge in [-0.05, 0) is 121 Å². The molecule has 0 heterocycles. The predicted molar refractivity (Wildman–Crippen MR) is 175 cm³/mol. The number of para-hydroxylation sites is 2. The summed E-state index contributed by atoms with van der Waals surface area (Å²) >= 11 is 0. The number of rotatable bonds is 10. The molecule has 0 aliphatic heterocycles. The highest BCUT2D eigenvalue weighted by Crippen LogP contribution is 2.26. The van der Waals surface area contributed by atoms with Crippen LogP contribution in [-0.2, 0) is 0 Å². The summed E-state index contributed by atoms with van der Waals surface area (Å²) in [5, 5.41) is 5.78. The maximum absolute atomic E-state index is 12.7. The van der Waals surface area contributed by atoms with Crippen molar-refractivity contribution in [3.63, 3.8) is 0 Å². The quantitative estimate of drug-likeness (QED) is 0.165. The summed E-state index contributed by atoms with van der Waals surface area (Å²) in [5.41, 5.74) is 2.29. The Hall–Kier alpha value is -6.34. The molecule has 0 fully saturated rings. The van der Waals surface area contributed by atoms with Crippen molar-refractivity contribution in [2.45, 2.75) is 0 Å². The molecule has 2 N–H and O–H groups in total. The average molecular weight is 593 g/mol. The third kappa shape index (κ3) is 7.94. The van der Waals surface area contributed by atoms with Gasteiger partial charge in [-0.25, -0.2) is 0 Å². The zero-order valence-corrected chi connectivity index (χ0v) is 24.1. The van der Waals surface area contributed by atoms with E-state index in [-0.39, 0.29) is 11.8 Å². The van der Waals surface area contributed by atoms with Crippen LogP contribution in [0.2, 0.25) is 0 Å². The highest BCUT2D eigenvalue weighted by molar-refractivity contribution is 6.05. The monoisotopic (exact) mass is 592 g/mol. The van der Waals surface area contributed by atoms with E-state index in [1.807, 2.05) is 60.7 Å². The Balaban J connectivity index is 0.982. The molecule has 7 nitrogen and oxygen atoms in total. The van der Waals surface area contributed by atoms with Gasteiger partial charge >= 0.3 is 0 Å². The van der Waals surface area contributed by atoms with E-state index in [1.54, 1.807) is 97.1 Å². The maximum atomic E-state index is 12.7. The summed E-state index contributed by atoms with van der Waals surface area (Å²) in [5.74, 6) is 3.49. The summed E-state index contributed by atoms with van der Waals surface area (Å²) in [7, 11) is 0. The second kappa shape index (κ2) is 13.8. The first-order chi connectivity index (χ1) is 22.1. The molecule has 0 radical (unpaired) electrons. The fourth-order valence-corrected chi connectivity index (χ4v) is 4.35. The van der Waals surface area contributed by atoms with Gasteiger partial charge in [-0.2, -0.15) is 0 Å². The van der Waals surface area contributed by atoms with E-state index in [0.29, 0.717) is 45.5 Å². The topological polar surface area (TPSA) is 85.9 Å². The van der Waals surface area contributed by atoms with E-state index in [1.165, 1.54) is 0 Å². The van der Waals surface area contributed by atoms with E-state index in [2.05, 4.69) is 10.6 Å². The van der Waals surface area contributed by atoms with Gasteiger partial charge < -0.3 is 24.8 Å². The first-order valence-corrected chi connectivity index (χ1v) is 14.2. The first kappa shape index (κ1) is 28.8. The lowest BCUT2D eigenvalue weighted by molar-refractivity contribution is 0.101. The van der Waals surface area contributed by atoms with Crippen molar-refractivity contribution in [2.24, 2.45) is 0 Å². The van der Waals surface area contributed by atoms with Crippen LogP contribution in [-0.4, -0.2) is 11.8 Å². The Bertz CT molecular complexity index is 1720. The molecule has 0 aliphatic carbocycles. The molecular weight excluding hydrogens is 564 g/mol. The molecular formula is C38H28N2O5. The van der Waals surface area contributed by atoms with Crippen molar-refractivity contribution >= 4 is 23.2 Å². The Morgan fingerprint density at radius 2 is 0.600 bits per heavy atom. The number of hydrogen-bond donors (Lipinski definition) is 2. The summed E-state index contributed by atoms with van der Waals surface area (Å²) in [6, 6.07) is 47.0. The van der Waals surface area contributed by atoms with Crippen LogP contribution in [0.1, 0.15) is 20.7 Å². The van der Waals surface area contributed by atoms with E-state index in [0.717, 1.165) is 11.5 Å². The predicted octanol–water partition coefficient (Wildman–Crippen LogP) is 9.57. The van der Waals surface area contributed by atoms with Gasteiger partial charge in [0.25, 0.3) is 11.8 Å². The van der Waals surface area contributed by atoms with Gasteiger partial charge in [-0.3, -0.25) is 9.59 Å². The minimum Gasteiger partial charge on any atom is -0.457 e. The summed E-state index contributed by atoms with van der Waals surface area (Å²) < 4.78 is 17.5. The van der Waals surface area contributed by atoms with E-state index >= 15 is 0 Å². The number of anilines is 2. The van der Waals surface area contributed by atoms with E-state index in [9.17, 15) is 9.59 Å². The van der Waals surface area contributed by atoms with Gasteiger partial charge in [0.15, 0.2) is 0 Å². The summed E-state index contributed by atoms with van der Waals surface area (Å²) in [6.45, 7) is 0. The minimum atomic E-state index is -0.232. The van der Waals surface area contributed by atoms with Crippen molar-refractivity contribution in [3.05, 3.63) is 169 Å². The molecule has 7 heteroatoms. The van der Waals surface area contributed by atoms with E-state index in [4.69, 9.17) is 14.2 Å². The highest BCUT2D eigenvalue weighted by Gasteiger charge is 2.09. The molecule has 0 atom stereocenters. The van der Waals surface area contributed by atoms with Crippen LogP contribution in [0, 0.1) is 0 Å². The lowest BCUT2D eigenvalue weighted by Crippen LogP contribution is -2.11. The number of hydrogen-bond acceptors (Lipinski definition) is 5. The van der Waals surface area contributed by atoms with Gasteiger partial charge in [-0.15, -0.1) is 0 Å². The molecule has 0 aliphatic rings. The van der Waals surface area contributed by atoms with Crippen molar-refractivity contribution in [1.82, 2.24) is 0 Å². The van der Waals surface area contributed by atoms with Crippen molar-refractivity contribution in [2.75, 3.05) is 10.6 Å². The van der Waals surface area contributed by atoms with Gasteiger partial charge in [0.2, 0.25) is 0 Å². The number of nitrogens with one attached hydrogen (secondary N) is 2. The van der Waals surface area contributed by atoms with Crippen LogP contribution in [0.3, 0.4) is 0 Å². The van der Waals surface area contributed by atoms with Crippen LogP contribution >= 0.6 is 0 Å². The van der Waals surface area contributed by atoms with Crippen LogP contribution in [0.4, 0.5) is 11.4 Å². The van der Waals surface area contributed by atoms with Crippen molar-refractivity contribution < 1.29 is 23.8 Å². The zero-order chi connectivity index (χ0) is 30.8. The molecule has 0 aromatic heterocycles. The molecule has 6 aromatic carbocycles. The number of benzene rings is 6. The second-order valence-electron chi connectivity index (χ2n) is 9.94. The Labute approximate surface area is 260 Å². The molecule has 220 valence electrons. The molecule has 0 spiro atoms. The van der Waals surface area contributed by atoms with Crippen LogP contribution in [0.25, 0.3) is 0 Å². The van der Waals surface area contributed by atoms with E-state index < -0.39 is 0 Å². The number of carbonyl (C=O) groups is 2. The van der Waals surface area contributed by atoms with Gasteiger partial charge in [0.05, 0.1) is 0 Å². The zero-order valence-electron chi connectivity index (χ0n) is 24.1. The fourth-order valence-electron chi connectivity index (χ4n) is 4.35. The largest absolute Gasteiger partial charge is 0.457 e. The molecule has 0 saturated carbocycles. The summed E-state index contributed by atoms with van der Waals surface area (Å²) in [4.78, 5) is 25.4. The van der Waals surface area contributed by atoms with Gasteiger partial charge in [-0.1, -0.05) is 36.4 Å². The van der Waals surface area contributed by atoms with Crippen LogP contribution < -0.4 is 24.8 Å². The third-order valence-electron chi connectivity index (χ3n) is 6.65. The molecule has 0 unspecified atom stereocenters. The standard InChI is InChI=1S/C38H28N2O5/c41-37(27-11-19-33(20-12-27)43-31-7-3-1-4-8-31)39-29-15-23-35(24-16-29)45-36-25-17-30(18-26-36)40-38(42)28-13-21-34(22-14-28)44-32-9-5-2-6-10-32/h1-26H,(H,39,41)(H,40,42). The van der Waals surface area contributed by atoms with Gasteiger partial charge in [0.1, 0.15) is 34.5 Å². The van der Waals surface area contributed by atoms with Crippen molar-refractivity contribution in [1.29, 1.82) is 0 Å². The average Bonchev–Trinajstić information content (AvgIpc) is 3.08. The lowest BCUT2D eigenvalue weighted by atomic mass is 10.2. The van der Waals surface area contributed by atoms with Crippen molar-refractivity contribution in [3.8, 4) is 34.5 Å². The lowest BCUT2D eigenvalue weighted by Gasteiger charge is -2.10. The number of ether oxygens (including phenoxy) is 3. The smallest absolute Gasteiger partial charge is 0.255 e. The highest BCUT2D eigenvalue weighted by atomic mass is 16.5. The minimum absolute atomic E-state index is 0.232. The Morgan fingerprint density at radius 3 is 0.911 bits per heavy atom. The normalized spacial score (nSPS) is 10.4. The number of carbonyl (C=O) groups excluding carboxylic acids is 2. The Kier molecular flexibility index (Phi) is 8.79.